The van der Waals surface area contributed by atoms with Gasteiger partial charge in [-0.05, 0) is 56.4 Å². The van der Waals surface area contributed by atoms with Crippen LogP contribution in [0, 0.1) is 28.6 Å². The molecule has 32 heavy (non-hydrogen) atoms. The molecule has 5 rings (SSSR count). The molecule has 0 spiro atoms. The molecule has 0 aromatic heterocycles. The number of nitrogens with zero attached hydrogens (tertiary/aromatic N) is 1. The van der Waals surface area contributed by atoms with Crippen molar-refractivity contribution in [3.63, 3.8) is 0 Å². The zero-order valence-electron chi connectivity index (χ0n) is 19.6. The van der Waals surface area contributed by atoms with Gasteiger partial charge >= 0.3 is 7.12 Å². The third-order valence-electron chi connectivity index (χ3n) is 8.75. The van der Waals surface area contributed by atoms with E-state index < -0.39 is 5.41 Å². The lowest BCUT2D eigenvalue weighted by Crippen LogP contribution is -2.54. The van der Waals surface area contributed by atoms with Crippen LogP contribution in [0.25, 0.3) is 0 Å². The van der Waals surface area contributed by atoms with Crippen LogP contribution in [0.15, 0.2) is 30.3 Å². The second kappa shape index (κ2) is 9.88. The average Bonchev–Trinajstić information content (AvgIpc) is 3.27. The van der Waals surface area contributed by atoms with E-state index in [0.717, 1.165) is 6.42 Å². The summed E-state index contributed by atoms with van der Waals surface area (Å²) in [5.74, 6) is 1.20. The summed E-state index contributed by atoms with van der Waals surface area (Å²) in [5.41, 5.74) is 0.732. The quantitative estimate of drug-likeness (QED) is 0.492. The summed E-state index contributed by atoms with van der Waals surface area (Å²) >= 11 is 0. The Morgan fingerprint density at radius 1 is 0.938 bits per heavy atom. The zero-order chi connectivity index (χ0) is 22.0. The van der Waals surface area contributed by atoms with Crippen LogP contribution in [0.2, 0.25) is 5.82 Å². The Balaban J connectivity index is 1.31. The minimum absolute atomic E-state index is 0.0157. The maximum absolute atomic E-state index is 9.99. The van der Waals surface area contributed by atoms with Crippen LogP contribution < -0.4 is 0 Å². The van der Waals surface area contributed by atoms with Crippen LogP contribution in [0.1, 0.15) is 83.1 Å². The molecule has 0 amide bonds. The minimum atomic E-state index is -0.440. The number of rotatable bonds is 6. The molecule has 1 aromatic carbocycles. The van der Waals surface area contributed by atoms with E-state index in [0.29, 0.717) is 18.4 Å². The van der Waals surface area contributed by atoms with Crippen molar-refractivity contribution in [2.24, 2.45) is 17.3 Å². The highest BCUT2D eigenvalue weighted by Gasteiger charge is 2.63. The lowest BCUT2D eigenvalue weighted by Gasteiger charge is -2.49. The van der Waals surface area contributed by atoms with E-state index in [4.69, 9.17) is 14.0 Å². The first-order valence-electron chi connectivity index (χ1n) is 13.1. The molecule has 1 aliphatic heterocycles. The minimum Gasteiger partial charge on any atom is -0.405 e. The van der Waals surface area contributed by atoms with E-state index >= 15 is 0 Å². The van der Waals surface area contributed by atoms with Crippen molar-refractivity contribution in [1.82, 2.24) is 0 Å². The summed E-state index contributed by atoms with van der Waals surface area (Å²) in [6, 6.07) is 12.9. The van der Waals surface area contributed by atoms with Crippen LogP contribution in [0.5, 0.6) is 0 Å². The number of hydrogen-bond acceptors (Lipinski definition) is 4. The fourth-order valence-corrected chi connectivity index (χ4v) is 6.82. The molecule has 172 valence electrons. The van der Waals surface area contributed by atoms with Crippen LogP contribution in [-0.2, 0) is 20.7 Å². The van der Waals surface area contributed by atoms with Crippen molar-refractivity contribution in [1.29, 1.82) is 5.26 Å². The number of benzene rings is 1. The predicted octanol–water partition coefficient (Wildman–Crippen LogP) is 6.31. The smallest absolute Gasteiger partial charge is 0.405 e. The van der Waals surface area contributed by atoms with Crippen molar-refractivity contribution in [3.05, 3.63) is 35.9 Å². The highest BCUT2D eigenvalue weighted by Crippen LogP contribution is 2.56. The van der Waals surface area contributed by atoms with Gasteiger partial charge in [-0.2, -0.15) is 5.26 Å². The average molecular weight is 435 g/mol. The van der Waals surface area contributed by atoms with Gasteiger partial charge in [0.1, 0.15) is 0 Å². The van der Waals surface area contributed by atoms with Crippen LogP contribution in [-0.4, -0.2) is 25.4 Å². The first kappa shape index (κ1) is 22.4. The van der Waals surface area contributed by atoms with Gasteiger partial charge in [-0.3, -0.25) is 0 Å². The van der Waals surface area contributed by atoms with Gasteiger partial charge in [0.2, 0.25) is 0 Å². The zero-order valence-corrected chi connectivity index (χ0v) is 19.6. The lowest BCUT2D eigenvalue weighted by molar-refractivity contribution is -0.0684. The van der Waals surface area contributed by atoms with E-state index in [9.17, 15) is 5.26 Å². The standard InChI is InChI=1S/C27H38BNO3/c1-27(19-29)17-23(30-18-20-11-5-2-6-12-20)26(27)28-31-24(21-13-7-3-8-14-21)25(32-28)22-15-9-4-10-16-22/h2,5-6,11-12,21-26H,3-4,7-10,13-18H2,1H3/t23-,24+,25+,26+,27-/m0/s1. The van der Waals surface area contributed by atoms with Crippen molar-refractivity contribution in [3.8, 4) is 6.07 Å². The van der Waals surface area contributed by atoms with Gasteiger partial charge < -0.3 is 14.0 Å². The Morgan fingerprint density at radius 3 is 2.03 bits per heavy atom. The van der Waals surface area contributed by atoms with Crippen LogP contribution in [0.4, 0.5) is 0 Å². The maximum Gasteiger partial charge on any atom is 0.465 e. The number of ether oxygens (including phenoxy) is 1. The number of nitriles is 1. The first-order valence-corrected chi connectivity index (χ1v) is 13.1. The molecule has 5 heteroatoms. The molecule has 0 bridgehead atoms. The third-order valence-corrected chi connectivity index (χ3v) is 8.75. The molecule has 3 aliphatic carbocycles. The molecule has 0 radical (unpaired) electrons. The van der Waals surface area contributed by atoms with Gasteiger partial charge in [0.25, 0.3) is 0 Å². The van der Waals surface area contributed by atoms with Crippen LogP contribution >= 0.6 is 0 Å². The molecule has 1 heterocycles. The van der Waals surface area contributed by atoms with E-state index in [2.05, 4.69) is 25.1 Å². The van der Waals surface area contributed by atoms with Gasteiger partial charge in [-0.1, -0.05) is 68.9 Å². The second-order valence-corrected chi connectivity index (χ2v) is 11.0. The predicted molar refractivity (Wildman–Crippen MR) is 126 cm³/mol. The van der Waals surface area contributed by atoms with Gasteiger partial charge in [-0.25, -0.2) is 0 Å². The molecule has 4 nitrogen and oxygen atoms in total. The summed E-state index contributed by atoms with van der Waals surface area (Å²) in [6.07, 6.45) is 14.2. The fourth-order valence-electron chi connectivity index (χ4n) is 6.82. The molecular weight excluding hydrogens is 397 g/mol. The Bertz CT molecular complexity index is 760. The van der Waals surface area contributed by atoms with Crippen molar-refractivity contribution >= 4 is 7.12 Å². The highest BCUT2D eigenvalue weighted by atomic mass is 16.7. The molecule has 5 atom stereocenters. The normalized spacial score (nSPS) is 36.6. The van der Waals surface area contributed by atoms with E-state index in [1.807, 2.05) is 18.2 Å². The molecule has 1 saturated heterocycles. The first-order chi connectivity index (χ1) is 15.7. The topological polar surface area (TPSA) is 51.5 Å². The fraction of sp³-hybridized carbons (Fsp3) is 0.741. The molecule has 1 aromatic rings. The number of hydrogen-bond donors (Lipinski definition) is 0. The monoisotopic (exact) mass is 435 g/mol. The van der Waals surface area contributed by atoms with E-state index in [1.54, 1.807) is 0 Å². The van der Waals surface area contributed by atoms with Gasteiger partial charge in [0.05, 0.1) is 36.4 Å². The van der Waals surface area contributed by atoms with Crippen molar-refractivity contribution < 1.29 is 14.0 Å². The van der Waals surface area contributed by atoms with Gasteiger partial charge in [0, 0.05) is 5.82 Å². The van der Waals surface area contributed by atoms with Gasteiger partial charge in [-0.15, -0.1) is 0 Å². The SMILES string of the molecule is C[C@@]1(C#N)C[C@H](OCc2ccccc2)[C@H]1B1O[C@H](C2CCCCC2)[C@@H](C2CCCCC2)O1. The van der Waals surface area contributed by atoms with Crippen molar-refractivity contribution in [2.75, 3.05) is 0 Å². The molecule has 0 unspecified atom stereocenters. The summed E-state index contributed by atoms with van der Waals surface area (Å²) in [5, 5.41) is 9.99. The summed E-state index contributed by atoms with van der Waals surface area (Å²) in [4.78, 5) is 0. The second-order valence-electron chi connectivity index (χ2n) is 11.0. The van der Waals surface area contributed by atoms with Crippen molar-refractivity contribution in [2.45, 2.75) is 108 Å². The van der Waals surface area contributed by atoms with Gasteiger partial charge in [0.15, 0.2) is 0 Å². The largest absolute Gasteiger partial charge is 0.465 e. The summed E-state index contributed by atoms with van der Waals surface area (Å²) in [7, 11) is -0.312. The molecule has 4 fully saturated rings. The lowest BCUT2D eigenvalue weighted by atomic mass is 9.45. The molecule has 4 aliphatic rings. The Kier molecular flexibility index (Phi) is 6.93. The Labute approximate surface area is 194 Å². The molecular formula is C27H38BNO3. The summed E-state index contributed by atoms with van der Waals surface area (Å²) < 4.78 is 19.9. The van der Waals surface area contributed by atoms with E-state index in [-0.39, 0.29) is 31.2 Å². The molecule has 3 saturated carbocycles. The highest BCUT2D eigenvalue weighted by molar-refractivity contribution is 6.48. The molecule has 0 N–H and O–H groups in total. The Morgan fingerprint density at radius 2 is 1.50 bits per heavy atom. The third kappa shape index (κ3) is 4.52. The van der Waals surface area contributed by atoms with E-state index in [1.165, 1.54) is 69.8 Å². The van der Waals surface area contributed by atoms with Crippen LogP contribution in [0.3, 0.4) is 0 Å². The maximum atomic E-state index is 9.99. The summed E-state index contributed by atoms with van der Waals surface area (Å²) in [6.45, 7) is 2.64. The Hall–Kier alpha value is -1.35.